The largest absolute Gasteiger partial charge is 0.510 e. The smallest absolute Gasteiger partial charge is 0.426 e. The summed E-state index contributed by atoms with van der Waals surface area (Å²) in [6, 6.07) is 3.18. The highest BCUT2D eigenvalue weighted by molar-refractivity contribution is 7.48. The van der Waals surface area contributed by atoms with Crippen molar-refractivity contribution < 1.29 is 174 Å². The Bertz CT molecular complexity index is 4310. The Balaban J connectivity index is 0.000000165. The fourth-order valence-electron chi connectivity index (χ4n) is 14.0. The fraction of sp³-hybridized carbons (Fsp3) is 0.746. The van der Waals surface area contributed by atoms with Crippen molar-refractivity contribution in [2.45, 2.75) is 179 Å². The number of H-pyrrole nitrogens is 3. The lowest BCUT2D eigenvalue weighted by Gasteiger charge is -2.34. The Morgan fingerprint density at radius 1 is 0.465 bits per heavy atom. The van der Waals surface area contributed by atoms with Crippen LogP contribution in [0.4, 0.5) is 32.3 Å². The van der Waals surface area contributed by atoms with Crippen LogP contribution in [0.1, 0.15) is 90.8 Å². The van der Waals surface area contributed by atoms with Gasteiger partial charge in [0.25, 0.3) is 16.7 Å². The van der Waals surface area contributed by atoms with Crippen molar-refractivity contribution in [1.29, 1.82) is 0 Å². The van der Waals surface area contributed by atoms with E-state index in [9.17, 15) is 81.2 Å². The first-order valence-electron chi connectivity index (χ1n) is 35.4. The van der Waals surface area contributed by atoms with E-state index in [-0.39, 0.29) is 52.9 Å². The number of hydrogen-bond donors (Lipinski definition) is 6. The van der Waals surface area contributed by atoms with Crippen molar-refractivity contribution >= 4 is 40.3 Å². The quantitative estimate of drug-likeness (QED) is 0.0241. The van der Waals surface area contributed by atoms with E-state index in [4.69, 9.17) is 108 Å². The van der Waals surface area contributed by atoms with Crippen LogP contribution < -0.4 is 33.7 Å². The minimum atomic E-state index is -4.94. The number of aromatic nitrogens is 6. The molecule has 46 nitrogen and oxygen atoms in total. The predicted octanol–water partition coefficient (Wildman–Crippen LogP) is 0.668. The van der Waals surface area contributed by atoms with E-state index in [0.717, 1.165) is 60.1 Å². The van der Waals surface area contributed by atoms with Crippen molar-refractivity contribution in [2.24, 2.45) is 0 Å². The highest BCUT2D eigenvalue weighted by Gasteiger charge is 2.74. The fourth-order valence-corrected chi connectivity index (χ4v) is 15.9. The average Bonchev–Trinajstić information content (AvgIpc) is 1.53. The number of carbonyl (C=O) groups excluding carboxylic acids is 4. The molecule has 11 fully saturated rings. The van der Waals surface area contributed by atoms with Crippen LogP contribution in [0.15, 0.2) is 65.6 Å². The summed E-state index contributed by atoms with van der Waals surface area (Å²) >= 11 is 0. The molecule has 3 aromatic rings. The molecule has 2 spiro atoms. The average molecular weight is 1680 g/mol. The third-order valence-corrected chi connectivity index (χ3v) is 22.6. The van der Waals surface area contributed by atoms with Crippen LogP contribution in [0.25, 0.3) is 0 Å². The van der Waals surface area contributed by atoms with E-state index in [1.165, 1.54) is 18.5 Å². The van der Waals surface area contributed by atoms with Gasteiger partial charge in [0.05, 0.1) is 72.7 Å². The second-order valence-corrected chi connectivity index (χ2v) is 31.6. The van der Waals surface area contributed by atoms with Crippen LogP contribution in [0.2, 0.25) is 0 Å². The highest BCUT2D eigenvalue weighted by atomic mass is 31.2. The summed E-state index contributed by atoms with van der Waals surface area (Å²) in [4.78, 5) is 125. The van der Waals surface area contributed by atoms with Gasteiger partial charge in [-0.3, -0.25) is 52.1 Å². The number of rotatable bonds is 29. The summed E-state index contributed by atoms with van der Waals surface area (Å²) in [6.45, 7) is -5.19. The molecule has 9 aliphatic heterocycles. The van der Waals surface area contributed by atoms with E-state index in [1.54, 1.807) is 13.8 Å². The number of phosphoric acid groups is 2. The standard InChI is InChI=1S/C26H34FN2O17P.C21H28FN2O17P.C16H21FN2O6/c1-24-19(44-26(46-24)5-2-3-6-26)25(12-27,45-20(24)29-7-4-18(30)28-21(29)31)13-39-47(34,40-14-37-22(32)42-16-8-35-9-16)41-15-38-23(33)43-17-10-36-11-17;1-20(30)15(26)21(8-22,41-16(20)24-3-2-14(25)23-17(24)27)9-36-42(31,37-10-34-18(28)39-12-4-32-5-12)38-11-35-19(29)40-13-6-33-7-13;1-14-11(23-16(25-14)5-2-3-6-16)15(8-17,9-20)24-12(14)19-7-4-10(21)18-13(19)22/h4,7,16-17,19-20H,2-3,5-6,8-15H2,1H3,(H,28,30,31);2-3,12-13,15-16,26,30H,4-11H2,1H3,(H,23,25,27);4,7,11-12,20H,2-3,5-6,8-9H2,1H3,(H,18,21,22)/t19-,20+,24+,25+;15-,16+,20+,21+;11-,12+,14+,15+/m000/s1. The van der Waals surface area contributed by atoms with Gasteiger partial charge in [-0.15, -0.1) is 0 Å². The number of aliphatic hydroxyl groups excluding tert-OH is 2. The second kappa shape index (κ2) is 35.0. The van der Waals surface area contributed by atoms with Crippen LogP contribution >= 0.6 is 15.6 Å². The molecule has 2 saturated carbocycles. The summed E-state index contributed by atoms with van der Waals surface area (Å²) in [7, 11) is -9.81. The third kappa shape index (κ3) is 18.4. The number of fused-ring (bicyclic) bond motifs is 2. The first-order chi connectivity index (χ1) is 54.2. The number of halogens is 3. The summed E-state index contributed by atoms with van der Waals surface area (Å²) in [6.07, 6.45) is -6.32. The van der Waals surface area contributed by atoms with Crippen molar-refractivity contribution in [1.82, 2.24) is 28.7 Å². The van der Waals surface area contributed by atoms with Gasteiger partial charge in [-0.1, -0.05) is 0 Å². The number of nitrogens with zero attached hydrogens (tertiary/aromatic N) is 3. The van der Waals surface area contributed by atoms with Gasteiger partial charge in [0.1, 0.15) is 55.1 Å². The van der Waals surface area contributed by atoms with Crippen LogP contribution in [0.3, 0.4) is 0 Å². The number of hydrogen-bond acceptors (Lipinski definition) is 40. The maximum absolute atomic E-state index is 15.3. The molecule has 14 rings (SSSR count). The molecule has 3 aromatic heterocycles. The number of nitrogens with one attached hydrogen (secondary N) is 3. The lowest BCUT2D eigenvalue weighted by atomic mass is 9.88. The molecule has 2 aliphatic carbocycles. The normalized spacial score (nSPS) is 31.3. The molecule has 9 saturated heterocycles. The van der Waals surface area contributed by atoms with Crippen LogP contribution in [-0.2, 0) is 126 Å². The summed E-state index contributed by atoms with van der Waals surface area (Å²) in [5.41, 5.74) is -15.8. The molecule has 12 heterocycles. The number of carbonyl (C=O) groups is 4. The SMILES string of the molecule is C[C@@]1(O)[C@H](O)[C@@](CF)(COP(=O)(OCOC(=O)OC2COC2)OCOC(=O)OC2COC2)O[C@H]1n1ccc(=O)[nH]c1=O.C[C@@]12OC3(CCCC3)O[C@@H]1[C@@](CF)(COP(=O)(OCOC(=O)OC1COC1)OCOC(=O)OC1COC1)O[C@H]2n1ccc(=O)[nH]c1=O.C[C@@]12OC3(CCCC3)O[C@@H]1[C@](CO)(CF)O[C@H]2n1ccc(=O)[nH]c1=O. The van der Waals surface area contributed by atoms with E-state index in [2.05, 4.69) is 19.4 Å². The van der Waals surface area contributed by atoms with E-state index >= 15 is 4.39 Å². The molecule has 0 aromatic carbocycles. The number of aromatic amines is 3. The molecule has 11 aliphatic rings. The molecular weight excluding hydrogens is 1600 g/mol. The first kappa shape index (κ1) is 85.9. The van der Waals surface area contributed by atoms with E-state index in [1.807, 2.05) is 4.98 Å². The minimum Gasteiger partial charge on any atom is -0.426 e. The van der Waals surface area contributed by atoms with Crippen molar-refractivity contribution in [2.75, 3.05) is 120 Å². The number of alkyl halides is 3. The summed E-state index contributed by atoms with van der Waals surface area (Å²) in [5, 5.41) is 31.6. The number of ether oxygens (including phenoxy) is 19. The summed E-state index contributed by atoms with van der Waals surface area (Å²) < 4.78 is 205. The van der Waals surface area contributed by atoms with E-state index < -0.39 is 248 Å². The monoisotopic (exact) mass is 1680 g/mol. The predicted molar refractivity (Wildman–Crippen MR) is 355 cm³/mol. The number of aliphatic hydroxyl groups is 3. The van der Waals surface area contributed by atoms with Crippen molar-refractivity contribution in [3.63, 3.8) is 0 Å². The molecule has 114 heavy (non-hydrogen) atoms. The molecule has 0 amide bonds. The molecule has 0 radical (unpaired) electrons. The second-order valence-electron chi connectivity index (χ2n) is 28.3. The van der Waals surface area contributed by atoms with Gasteiger partial charge in [0.2, 0.25) is 27.2 Å². The Labute approximate surface area is 638 Å². The molecule has 51 heteroatoms. The molecule has 12 atom stereocenters. The van der Waals surface area contributed by atoms with Gasteiger partial charge < -0.3 is 105 Å². The van der Waals surface area contributed by atoms with E-state index in [0.29, 0.717) is 30.3 Å². The molecule has 636 valence electrons. The van der Waals surface area contributed by atoms with Crippen LogP contribution in [0, 0.1) is 0 Å². The minimum absolute atomic E-state index is 0.144. The summed E-state index contributed by atoms with van der Waals surface area (Å²) in [5.74, 6) is -1.97. The van der Waals surface area contributed by atoms with Crippen LogP contribution in [-0.4, -0.2) is 276 Å². The maximum Gasteiger partial charge on any atom is 0.510 e. The molecule has 6 N–H and O–H groups in total. The third-order valence-electron chi connectivity index (χ3n) is 20.0. The highest BCUT2D eigenvalue weighted by Crippen LogP contribution is 2.62. The maximum atomic E-state index is 15.3. The van der Waals surface area contributed by atoms with Gasteiger partial charge in [0, 0.05) is 62.5 Å². The van der Waals surface area contributed by atoms with Gasteiger partial charge in [-0.25, -0.2) is 74.0 Å². The van der Waals surface area contributed by atoms with Crippen LogP contribution in [0.5, 0.6) is 0 Å². The Morgan fingerprint density at radius 2 is 0.763 bits per heavy atom. The van der Waals surface area contributed by atoms with Gasteiger partial charge >= 0.3 is 57.3 Å². The molecule has 0 unspecified atom stereocenters. The van der Waals surface area contributed by atoms with Crippen molar-refractivity contribution in [3.05, 3.63) is 99.3 Å². The Hall–Kier alpha value is -7.43. The Morgan fingerprint density at radius 3 is 1.06 bits per heavy atom. The zero-order valence-corrected chi connectivity index (χ0v) is 62.7. The number of phosphoric ester groups is 2. The lowest BCUT2D eigenvalue weighted by Crippen LogP contribution is -2.53. The Kier molecular flexibility index (Phi) is 26.4. The first-order valence-corrected chi connectivity index (χ1v) is 38.3. The van der Waals surface area contributed by atoms with Gasteiger partial charge in [-0.2, -0.15) is 0 Å². The van der Waals surface area contributed by atoms with Gasteiger partial charge in [0.15, 0.2) is 71.5 Å². The van der Waals surface area contributed by atoms with Gasteiger partial charge in [-0.05, 0) is 46.5 Å². The molecular formula is C63H83F3N6O40P2. The molecule has 0 bridgehead atoms. The zero-order valence-electron chi connectivity index (χ0n) is 60.9. The topological polar surface area (TPSA) is 558 Å². The van der Waals surface area contributed by atoms with Crippen molar-refractivity contribution in [3.8, 4) is 0 Å². The zero-order chi connectivity index (χ0) is 81.7. The lowest BCUT2D eigenvalue weighted by molar-refractivity contribution is -0.253.